The highest BCUT2D eigenvalue weighted by molar-refractivity contribution is 5.97. The zero-order valence-electron chi connectivity index (χ0n) is 13.5. The van der Waals surface area contributed by atoms with Crippen LogP contribution in [0.5, 0.6) is 0 Å². The largest absolute Gasteiger partial charge is 0.307 e. The van der Waals surface area contributed by atoms with Crippen LogP contribution in [0, 0.1) is 23.3 Å². The Hall–Kier alpha value is -2.41. The molecule has 0 aliphatic carbocycles. The van der Waals surface area contributed by atoms with Crippen molar-refractivity contribution in [3.8, 4) is 0 Å². The molecule has 7 heteroatoms. The third-order valence-corrected chi connectivity index (χ3v) is 4.41. The van der Waals surface area contributed by atoms with E-state index in [0.29, 0.717) is 12.6 Å². The Balaban J connectivity index is 1.80. The van der Waals surface area contributed by atoms with E-state index in [9.17, 15) is 22.4 Å². The van der Waals surface area contributed by atoms with Crippen LogP contribution >= 0.6 is 0 Å². The molecule has 0 aromatic heterocycles. The molecule has 2 aromatic carbocycles. The molecule has 0 unspecified atom stereocenters. The minimum Gasteiger partial charge on any atom is -0.307 e. The summed E-state index contributed by atoms with van der Waals surface area (Å²) in [5.41, 5.74) is -0.112. The highest BCUT2D eigenvalue weighted by atomic mass is 19.1. The number of carbonyl (C=O) groups is 1. The van der Waals surface area contributed by atoms with E-state index < -0.39 is 35.2 Å². The zero-order chi connectivity index (χ0) is 18.1. The number of carbonyl (C=O) groups excluding carboxylic acids is 1. The number of hydrogen-bond donors (Lipinski definition) is 0. The van der Waals surface area contributed by atoms with E-state index in [2.05, 4.69) is 0 Å². The molecule has 0 N–H and O–H groups in total. The number of amides is 1. The van der Waals surface area contributed by atoms with Gasteiger partial charge >= 0.3 is 0 Å². The first kappa shape index (κ1) is 17.4. The minimum atomic E-state index is -0.825. The van der Waals surface area contributed by atoms with Crippen LogP contribution in [0.2, 0.25) is 0 Å². The van der Waals surface area contributed by atoms with Crippen LogP contribution in [0.4, 0.5) is 23.2 Å². The van der Waals surface area contributed by atoms with Gasteiger partial charge in [-0.25, -0.2) is 17.6 Å². The van der Waals surface area contributed by atoms with Crippen molar-refractivity contribution >= 4 is 11.6 Å². The molecule has 1 heterocycles. The second-order valence-electron chi connectivity index (χ2n) is 5.93. The summed E-state index contributed by atoms with van der Waals surface area (Å²) in [5, 5.41) is 0. The van der Waals surface area contributed by atoms with Crippen molar-refractivity contribution < 1.29 is 22.4 Å². The first-order valence-electron chi connectivity index (χ1n) is 7.82. The average Bonchev–Trinajstić information content (AvgIpc) is 2.56. The van der Waals surface area contributed by atoms with Gasteiger partial charge in [0.15, 0.2) is 0 Å². The Morgan fingerprint density at radius 2 is 1.68 bits per heavy atom. The molecule has 25 heavy (non-hydrogen) atoms. The van der Waals surface area contributed by atoms with E-state index in [1.54, 1.807) is 11.8 Å². The van der Waals surface area contributed by atoms with Gasteiger partial charge in [-0.1, -0.05) is 6.07 Å². The number of benzene rings is 2. The third-order valence-electron chi connectivity index (χ3n) is 4.41. The molecule has 1 aliphatic heterocycles. The summed E-state index contributed by atoms with van der Waals surface area (Å²) >= 11 is 0. The molecule has 3 rings (SSSR count). The highest BCUT2D eigenvalue weighted by Gasteiger charge is 2.34. The number of rotatable bonds is 3. The normalized spacial score (nSPS) is 18.7. The molecule has 1 aliphatic rings. The summed E-state index contributed by atoms with van der Waals surface area (Å²) in [6, 6.07) is 5.91. The molecule has 1 amide bonds. The van der Waals surface area contributed by atoms with E-state index in [4.69, 9.17) is 0 Å². The molecule has 132 valence electrons. The van der Waals surface area contributed by atoms with Crippen LogP contribution in [-0.4, -0.2) is 29.9 Å². The van der Waals surface area contributed by atoms with Gasteiger partial charge < -0.3 is 4.90 Å². The Bertz CT molecular complexity index is 791. The average molecular weight is 352 g/mol. The second kappa shape index (κ2) is 6.84. The highest BCUT2D eigenvalue weighted by Crippen LogP contribution is 2.26. The maximum atomic E-state index is 13.9. The van der Waals surface area contributed by atoms with Crippen molar-refractivity contribution in [3.63, 3.8) is 0 Å². The fourth-order valence-corrected chi connectivity index (χ4v) is 2.96. The molecular weight excluding hydrogens is 336 g/mol. The van der Waals surface area contributed by atoms with Crippen LogP contribution in [0.15, 0.2) is 36.4 Å². The Morgan fingerprint density at radius 1 is 1.00 bits per heavy atom. The molecule has 3 nitrogen and oxygen atoms in total. The molecule has 0 spiro atoms. The van der Waals surface area contributed by atoms with Gasteiger partial charge in [0.25, 0.3) is 0 Å². The van der Waals surface area contributed by atoms with Crippen molar-refractivity contribution in [2.75, 3.05) is 18.0 Å². The summed E-state index contributed by atoms with van der Waals surface area (Å²) < 4.78 is 54.6. The van der Waals surface area contributed by atoms with Crippen molar-refractivity contribution in [1.82, 2.24) is 4.90 Å². The van der Waals surface area contributed by atoms with Crippen molar-refractivity contribution in [2.45, 2.75) is 19.5 Å². The van der Waals surface area contributed by atoms with E-state index >= 15 is 0 Å². The molecular formula is C18H16F4N2O. The van der Waals surface area contributed by atoms with Gasteiger partial charge in [-0.2, -0.15) is 0 Å². The molecule has 0 radical (unpaired) electrons. The lowest BCUT2D eigenvalue weighted by molar-refractivity contribution is -0.125. The minimum absolute atomic E-state index is 0.00466. The van der Waals surface area contributed by atoms with Gasteiger partial charge in [0.1, 0.15) is 23.3 Å². The lowest BCUT2D eigenvalue weighted by Gasteiger charge is -2.39. The summed E-state index contributed by atoms with van der Waals surface area (Å²) in [6.07, 6.45) is 0. The number of hydrogen-bond acceptors (Lipinski definition) is 2. The quantitative estimate of drug-likeness (QED) is 0.790. The van der Waals surface area contributed by atoms with Crippen molar-refractivity contribution in [2.24, 2.45) is 0 Å². The first-order valence-corrected chi connectivity index (χ1v) is 7.82. The van der Waals surface area contributed by atoms with Gasteiger partial charge in [-0.3, -0.25) is 9.69 Å². The maximum absolute atomic E-state index is 13.9. The fraction of sp³-hybridized carbons (Fsp3) is 0.278. The smallest absolute Gasteiger partial charge is 0.244 e. The molecule has 0 saturated carbocycles. The van der Waals surface area contributed by atoms with Crippen molar-refractivity contribution in [1.29, 1.82) is 0 Å². The SMILES string of the molecule is C[C@H]1C(=O)N(c2ccc(F)cc2F)CCN1Cc1c(F)cccc1F. The van der Waals surface area contributed by atoms with Gasteiger partial charge in [0.05, 0.1) is 11.7 Å². The number of anilines is 1. The van der Waals surface area contributed by atoms with Gasteiger partial charge in [0.2, 0.25) is 5.91 Å². The van der Waals surface area contributed by atoms with Crippen LogP contribution < -0.4 is 4.90 Å². The topological polar surface area (TPSA) is 23.6 Å². The van der Waals surface area contributed by atoms with Crippen LogP contribution in [0.25, 0.3) is 0 Å². The lowest BCUT2D eigenvalue weighted by Crippen LogP contribution is -2.55. The first-order chi connectivity index (χ1) is 11.9. The third kappa shape index (κ3) is 3.37. The van der Waals surface area contributed by atoms with E-state index in [1.807, 2.05) is 0 Å². The second-order valence-corrected chi connectivity index (χ2v) is 5.93. The van der Waals surface area contributed by atoms with Gasteiger partial charge in [-0.15, -0.1) is 0 Å². The standard InChI is InChI=1S/C18H16F4N2O/c1-11-18(25)24(17-6-5-12(19)9-16(17)22)8-7-23(11)10-13-14(20)3-2-4-15(13)21/h2-6,9,11H,7-8,10H2,1H3/t11-/m0/s1. The molecule has 2 aromatic rings. The monoisotopic (exact) mass is 352 g/mol. The van der Waals surface area contributed by atoms with Gasteiger partial charge in [-0.05, 0) is 31.2 Å². The summed E-state index contributed by atoms with van der Waals surface area (Å²) in [5.74, 6) is -3.31. The molecule has 0 bridgehead atoms. The predicted octanol–water partition coefficient (Wildman–Crippen LogP) is 3.48. The predicted molar refractivity (Wildman–Crippen MR) is 84.9 cm³/mol. The summed E-state index contributed by atoms with van der Waals surface area (Å²) in [7, 11) is 0. The Morgan fingerprint density at radius 3 is 2.32 bits per heavy atom. The summed E-state index contributed by atoms with van der Waals surface area (Å²) in [4.78, 5) is 15.4. The fourth-order valence-electron chi connectivity index (χ4n) is 2.96. The number of piperazine rings is 1. The zero-order valence-corrected chi connectivity index (χ0v) is 13.5. The van der Waals surface area contributed by atoms with Crippen LogP contribution in [0.1, 0.15) is 12.5 Å². The summed E-state index contributed by atoms with van der Waals surface area (Å²) in [6.45, 7) is 1.97. The number of halogens is 4. The van der Waals surface area contributed by atoms with Crippen LogP contribution in [0.3, 0.4) is 0 Å². The lowest BCUT2D eigenvalue weighted by atomic mass is 10.1. The number of nitrogens with zero attached hydrogens (tertiary/aromatic N) is 2. The van der Waals surface area contributed by atoms with Crippen molar-refractivity contribution in [3.05, 3.63) is 65.2 Å². The molecule has 1 saturated heterocycles. The molecule has 1 atom stereocenters. The Labute approximate surface area is 142 Å². The van der Waals surface area contributed by atoms with Crippen LogP contribution in [-0.2, 0) is 11.3 Å². The van der Waals surface area contributed by atoms with E-state index in [0.717, 1.165) is 18.2 Å². The molecule has 1 fully saturated rings. The van der Waals surface area contributed by atoms with Gasteiger partial charge in [0, 0.05) is 31.3 Å². The Kier molecular flexibility index (Phi) is 4.76. The van der Waals surface area contributed by atoms with E-state index in [1.165, 1.54) is 17.0 Å². The van der Waals surface area contributed by atoms with E-state index in [-0.39, 0.29) is 24.3 Å². The maximum Gasteiger partial charge on any atom is 0.244 e.